The van der Waals surface area contributed by atoms with Crippen molar-refractivity contribution in [3.63, 3.8) is 0 Å². The molecule has 4 unspecified atom stereocenters. The lowest BCUT2D eigenvalue weighted by Gasteiger charge is -2.51. The zero-order valence-electron chi connectivity index (χ0n) is 10.5. The van der Waals surface area contributed by atoms with E-state index in [9.17, 15) is 26.3 Å². The molecule has 0 saturated carbocycles. The minimum atomic E-state index is -4.91. The molecule has 6 rings (SSSR count). The first-order chi connectivity index (χ1) is 9.69. The fraction of sp³-hybridized carbons (Fsp3) is 0.692. The van der Waals surface area contributed by atoms with Gasteiger partial charge in [0.05, 0.1) is 6.67 Å². The van der Waals surface area contributed by atoms with Crippen LogP contribution in [0.5, 0.6) is 0 Å². The molecule has 0 aromatic carbocycles. The van der Waals surface area contributed by atoms with Crippen LogP contribution in [-0.4, -0.2) is 53.0 Å². The largest absolute Gasteiger partial charge is 0.399 e. The minimum absolute atomic E-state index is 0.167. The van der Waals surface area contributed by atoms with Crippen molar-refractivity contribution in [2.45, 2.75) is 36.5 Å². The topological polar surface area (TPSA) is 6.48 Å². The summed E-state index contributed by atoms with van der Waals surface area (Å²) >= 11 is 0. The average Bonchev–Trinajstić information content (AvgIpc) is 3.04. The van der Waals surface area contributed by atoms with Crippen LogP contribution in [0.15, 0.2) is 24.3 Å². The lowest BCUT2D eigenvalue weighted by atomic mass is 9.52. The van der Waals surface area contributed by atoms with E-state index in [1.165, 1.54) is 34.1 Å². The molecule has 8 heteroatoms. The smallest absolute Gasteiger partial charge is 0.276 e. The summed E-state index contributed by atoms with van der Waals surface area (Å²) in [5, 5.41) is 0. The maximum absolute atomic E-state index is 14.0. The second-order valence-corrected chi connectivity index (χ2v) is 6.45. The molecule has 21 heavy (non-hydrogen) atoms. The summed E-state index contributed by atoms with van der Waals surface area (Å²) in [6.07, 6.45) is -4.51. The molecule has 0 aromatic rings. The maximum atomic E-state index is 14.0. The molecule has 4 atom stereocenters. The second-order valence-electron chi connectivity index (χ2n) is 6.45. The first-order valence-corrected chi connectivity index (χ1v) is 6.70. The quantitative estimate of drug-likeness (QED) is 0.500. The van der Waals surface area contributed by atoms with Gasteiger partial charge in [-0.05, 0) is 0 Å². The first kappa shape index (κ1) is 12.5. The van der Waals surface area contributed by atoms with E-state index >= 15 is 0 Å². The standard InChI is InChI=1S/C13H10F6N2/c14-12(15,16)10-6-1-2-7-11(10,13(17,18)19)9-4-3-8(10)21(9)5-20(6)7/h1-4,6-9H,5H2. The van der Waals surface area contributed by atoms with Gasteiger partial charge >= 0.3 is 12.4 Å². The lowest BCUT2D eigenvalue weighted by molar-refractivity contribution is -0.327. The highest BCUT2D eigenvalue weighted by molar-refractivity contribution is 5.50. The molecule has 4 saturated heterocycles. The van der Waals surface area contributed by atoms with Crippen LogP contribution in [-0.2, 0) is 0 Å². The number of hydrogen-bond donors (Lipinski definition) is 0. The number of rotatable bonds is 0. The van der Waals surface area contributed by atoms with Gasteiger partial charge in [0.2, 0.25) is 0 Å². The van der Waals surface area contributed by atoms with Gasteiger partial charge in [-0.25, -0.2) is 0 Å². The Kier molecular flexibility index (Phi) is 1.73. The fourth-order valence-electron chi connectivity index (χ4n) is 5.87. The SMILES string of the molecule is FC(F)(F)C12C3C=CC4N3CN3C1C=CC3C42C(F)(F)F. The molecule has 0 spiro atoms. The van der Waals surface area contributed by atoms with Crippen LogP contribution in [0.2, 0.25) is 0 Å². The highest BCUT2D eigenvalue weighted by Gasteiger charge is 2.96. The number of alkyl halides is 6. The molecule has 8 bridgehead atoms. The van der Waals surface area contributed by atoms with Gasteiger partial charge in [0.15, 0.2) is 0 Å². The molecular formula is C13H10F6N2. The lowest BCUT2D eigenvalue weighted by Crippen LogP contribution is -2.67. The van der Waals surface area contributed by atoms with Crippen LogP contribution >= 0.6 is 0 Å². The first-order valence-electron chi connectivity index (χ1n) is 6.70. The molecule has 6 heterocycles. The Labute approximate surface area is 115 Å². The van der Waals surface area contributed by atoms with Gasteiger partial charge in [-0.2, -0.15) is 26.3 Å². The number of nitrogens with zero attached hydrogens (tertiary/aromatic N) is 2. The Hall–Kier alpha value is -1.02. The molecule has 0 amide bonds. The van der Waals surface area contributed by atoms with E-state index in [0.717, 1.165) is 0 Å². The molecule has 0 aliphatic carbocycles. The van der Waals surface area contributed by atoms with Gasteiger partial charge in [0.25, 0.3) is 0 Å². The Bertz CT molecular complexity index is 523. The monoisotopic (exact) mass is 308 g/mol. The van der Waals surface area contributed by atoms with Crippen molar-refractivity contribution in [2.24, 2.45) is 10.8 Å². The molecule has 114 valence electrons. The molecule has 0 radical (unpaired) electrons. The molecule has 0 N–H and O–H groups in total. The van der Waals surface area contributed by atoms with Crippen LogP contribution in [0.3, 0.4) is 0 Å². The summed E-state index contributed by atoms with van der Waals surface area (Å²) in [5.74, 6) is 0. The van der Waals surface area contributed by atoms with Crippen molar-refractivity contribution in [1.82, 2.24) is 9.80 Å². The zero-order valence-corrected chi connectivity index (χ0v) is 10.5. The van der Waals surface area contributed by atoms with Gasteiger partial charge in [-0.15, -0.1) is 0 Å². The summed E-state index contributed by atoms with van der Waals surface area (Å²) in [7, 11) is 0. The van der Waals surface area contributed by atoms with Crippen LogP contribution in [0, 0.1) is 10.8 Å². The zero-order chi connectivity index (χ0) is 15.0. The highest BCUT2D eigenvalue weighted by atomic mass is 19.4. The van der Waals surface area contributed by atoms with Crippen LogP contribution in [0.4, 0.5) is 26.3 Å². The molecule has 0 aromatic heterocycles. The predicted octanol–water partition coefficient (Wildman–Crippen LogP) is 2.30. The Morgan fingerprint density at radius 3 is 1.19 bits per heavy atom. The van der Waals surface area contributed by atoms with Gasteiger partial charge in [0.1, 0.15) is 10.8 Å². The average molecular weight is 308 g/mol. The van der Waals surface area contributed by atoms with Crippen molar-refractivity contribution in [1.29, 1.82) is 0 Å². The predicted molar refractivity (Wildman–Crippen MR) is 59.0 cm³/mol. The molecule has 4 fully saturated rings. The van der Waals surface area contributed by atoms with E-state index in [1.807, 2.05) is 0 Å². The molecule has 2 nitrogen and oxygen atoms in total. The second kappa shape index (κ2) is 2.90. The summed E-state index contributed by atoms with van der Waals surface area (Å²) in [6, 6.07) is -4.83. The maximum Gasteiger partial charge on any atom is 0.399 e. The van der Waals surface area contributed by atoms with Gasteiger partial charge in [-0.1, -0.05) is 24.3 Å². The third-order valence-corrected chi connectivity index (χ3v) is 6.20. The van der Waals surface area contributed by atoms with Crippen molar-refractivity contribution in [3.05, 3.63) is 24.3 Å². The fourth-order valence-corrected chi connectivity index (χ4v) is 5.87. The summed E-state index contributed by atoms with van der Waals surface area (Å²) in [4.78, 5) is 2.72. The van der Waals surface area contributed by atoms with E-state index in [-0.39, 0.29) is 6.67 Å². The van der Waals surface area contributed by atoms with E-state index in [1.54, 1.807) is 0 Å². The molecule has 6 aliphatic rings. The third kappa shape index (κ3) is 0.855. The van der Waals surface area contributed by atoms with E-state index in [4.69, 9.17) is 0 Å². The van der Waals surface area contributed by atoms with Gasteiger partial charge < -0.3 is 0 Å². The van der Waals surface area contributed by atoms with E-state index in [0.29, 0.717) is 0 Å². The van der Waals surface area contributed by atoms with Crippen molar-refractivity contribution >= 4 is 0 Å². The van der Waals surface area contributed by atoms with Crippen LogP contribution in [0.1, 0.15) is 0 Å². The summed E-state index contributed by atoms with van der Waals surface area (Å²) in [5.41, 5.74) is -5.54. The Morgan fingerprint density at radius 1 is 0.667 bits per heavy atom. The molecular weight excluding hydrogens is 298 g/mol. The minimum Gasteiger partial charge on any atom is -0.276 e. The van der Waals surface area contributed by atoms with Gasteiger partial charge in [0, 0.05) is 24.2 Å². The van der Waals surface area contributed by atoms with Crippen LogP contribution in [0.25, 0.3) is 0 Å². The van der Waals surface area contributed by atoms with Gasteiger partial charge in [-0.3, -0.25) is 9.80 Å². The van der Waals surface area contributed by atoms with Crippen LogP contribution < -0.4 is 0 Å². The third-order valence-electron chi connectivity index (χ3n) is 6.20. The Morgan fingerprint density at radius 2 is 0.952 bits per heavy atom. The van der Waals surface area contributed by atoms with Crippen molar-refractivity contribution in [2.75, 3.05) is 6.67 Å². The Balaban J connectivity index is 1.91. The van der Waals surface area contributed by atoms with Crippen molar-refractivity contribution < 1.29 is 26.3 Å². The normalized spacial score (nSPS) is 58.8. The highest BCUT2D eigenvalue weighted by Crippen LogP contribution is 2.80. The van der Waals surface area contributed by atoms with Crippen molar-refractivity contribution in [3.8, 4) is 0 Å². The number of hydrogen-bond acceptors (Lipinski definition) is 2. The summed E-state index contributed by atoms with van der Waals surface area (Å²) in [6.45, 7) is 0.167. The van der Waals surface area contributed by atoms with E-state index in [2.05, 4.69) is 0 Å². The number of halogens is 6. The summed E-state index contributed by atoms with van der Waals surface area (Å²) < 4.78 is 83.8. The van der Waals surface area contributed by atoms with E-state index < -0.39 is 47.3 Å². The molecule has 6 aliphatic heterocycles.